The average Bonchev–Trinajstić information content (AvgIpc) is 2.56. The topological polar surface area (TPSA) is 89.2 Å². The number of methoxy groups -OCH3 is 1. The van der Waals surface area contributed by atoms with Crippen LogP contribution >= 0.6 is 24.0 Å². The molecule has 7 nitrogen and oxygen atoms in total. The molecule has 1 rings (SSSR count). The van der Waals surface area contributed by atoms with Crippen LogP contribution in [0.5, 0.6) is 0 Å². The molecule has 1 aliphatic rings. The van der Waals surface area contributed by atoms with Crippen LogP contribution in [-0.2, 0) is 14.3 Å². The molecule has 1 fully saturated rings. The molecule has 0 aliphatic carbocycles. The Hall–Kier alpha value is -0.610. The number of halogens is 1. The summed E-state index contributed by atoms with van der Waals surface area (Å²) in [6.07, 6.45) is 4.61. The Bertz CT molecular complexity index is 383. The van der Waals surface area contributed by atoms with Crippen molar-refractivity contribution in [2.45, 2.75) is 39.0 Å². The van der Waals surface area contributed by atoms with Crippen molar-refractivity contribution in [2.75, 3.05) is 53.1 Å². The summed E-state index contributed by atoms with van der Waals surface area (Å²) in [4.78, 5) is 18.1. The van der Waals surface area contributed by atoms with Crippen LogP contribution in [0.25, 0.3) is 0 Å². The number of nitrogens with zero attached hydrogens (tertiary/aromatic N) is 2. The lowest BCUT2D eigenvalue weighted by Gasteiger charge is -2.34. The molecular weight excluding hydrogens is 435 g/mol. The molecule has 1 saturated heterocycles. The Kier molecular flexibility index (Phi) is 15.2. The van der Waals surface area contributed by atoms with Crippen LogP contribution in [0, 0.1) is 5.92 Å². The molecule has 25 heavy (non-hydrogen) atoms. The van der Waals surface area contributed by atoms with Crippen molar-refractivity contribution in [3.63, 3.8) is 0 Å². The second-order valence-corrected chi connectivity index (χ2v) is 6.17. The first-order valence-electron chi connectivity index (χ1n) is 9.05. The Labute approximate surface area is 169 Å². The molecule has 3 N–H and O–H groups in total. The van der Waals surface area contributed by atoms with Crippen LogP contribution in [0.1, 0.15) is 39.0 Å². The van der Waals surface area contributed by atoms with Crippen molar-refractivity contribution >= 4 is 35.8 Å². The second kappa shape index (κ2) is 15.6. The first-order valence-corrected chi connectivity index (χ1v) is 9.05. The fourth-order valence-electron chi connectivity index (χ4n) is 2.88. The van der Waals surface area contributed by atoms with Gasteiger partial charge in [0.05, 0.1) is 13.2 Å². The zero-order chi connectivity index (χ0) is 17.6. The summed E-state index contributed by atoms with van der Waals surface area (Å²) < 4.78 is 10.4. The zero-order valence-electron chi connectivity index (χ0n) is 15.7. The molecule has 1 unspecified atom stereocenters. The molecule has 1 atom stereocenters. The van der Waals surface area contributed by atoms with Gasteiger partial charge in [-0.05, 0) is 38.5 Å². The van der Waals surface area contributed by atoms with Gasteiger partial charge in [-0.3, -0.25) is 9.79 Å². The van der Waals surface area contributed by atoms with Crippen molar-refractivity contribution in [1.29, 1.82) is 0 Å². The standard InChI is InChI=1S/C17H34N4O3.HI/c1-3-19-17(20-8-4-5-10-24-12-11-23-2)21-9-6-7-15(14-21)13-16(18)22;/h15H,3-14H2,1-2H3,(H2,18,22)(H,19,20);1H. The Balaban J connectivity index is 0.00000576. The summed E-state index contributed by atoms with van der Waals surface area (Å²) in [5, 5.41) is 3.36. The van der Waals surface area contributed by atoms with E-state index in [2.05, 4.69) is 17.1 Å². The lowest BCUT2D eigenvalue weighted by Crippen LogP contribution is -2.47. The average molecular weight is 470 g/mol. The summed E-state index contributed by atoms with van der Waals surface area (Å²) in [5.41, 5.74) is 5.34. The van der Waals surface area contributed by atoms with E-state index in [4.69, 9.17) is 20.2 Å². The van der Waals surface area contributed by atoms with Crippen LogP contribution in [0.4, 0.5) is 0 Å². The van der Waals surface area contributed by atoms with Gasteiger partial charge < -0.3 is 25.4 Å². The fourth-order valence-corrected chi connectivity index (χ4v) is 2.88. The maximum Gasteiger partial charge on any atom is 0.217 e. The van der Waals surface area contributed by atoms with Crippen LogP contribution in [0.15, 0.2) is 4.99 Å². The molecule has 0 saturated carbocycles. The predicted octanol–water partition coefficient (Wildman–Crippen LogP) is 1.60. The van der Waals surface area contributed by atoms with E-state index in [0.717, 1.165) is 64.4 Å². The van der Waals surface area contributed by atoms with E-state index in [1.165, 1.54) is 0 Å². The Morgan fingerprint density at radius 3 is 2.80 bits per heavy atom. The first kappa shape index (κ1) is 24.4. The summed E-state index contributed by atoms with van der Waals surface area (Å²) in [6.45, 7) is 7.59. The van der Waals surface area contributed by atoms with E-state index >= 15 is 0 Å². The summed E-state index contributed by atoms with van der Waals surface area (Å²) in [6, 6.07) is 0. The third kappa shape index (κ3) is 11.6. The molecule has 0 aromatic carbocycles. The van der Waals surface area contributed by atoms with E-state index < -0.39 is 0 Å². The van der Waals surface area contributed by atoms with Crippen molar-refractivity contribution in [1.82, 2.24) is 10.2 Å². The highest BCUT2D eigenvalue weighted by atomic mass is 127. The van der Waals surface area contributed by atoms with Crippen molar-refractivity contribution < 1.29 is 14.3 Å². The quantitative estimate of drug-likeness (QED) is 0.207. The number of primary amides is 1. The summed E-state index contributed by atoms with van der Waals surface area (Å²) in [7, 11) is 1.68. The normalized spacial score (nSPS) is 17.9. The summed E-state index contributed by atoms with van der Waals surface area (Å²) >= 11 is 0. The third-order valence-electron chi connectivity index (χ3n) is 4.03. The van der Waals surface area contributed by atoms with Gasteiger partial charge in [0.25, 0.3) is 0 Å². The highest BCUT2D eigenvalue weighted by Crippen LogP contribution is 2.19. The maximum atomic E-state index is 11.1. The van der Waals surface area contributed by atoms with Crippen LogP contribution in [0.2, 0.25) is 0 Å². The number of amides is 1. The number of rotatable bonds is 11. The second-order valence-electron chi connectivity index (χ2n) is 6.17. The molecule has 0 aromatic rings. The largest absolute Gasteiger partial charge is 0.382 e. The molecule has 148 valence electrons. The van der Waals surface area contributed by atoms with E-state index in [9.17, 15) is 4.79 Å². The molecule has 1 aliphatic heterocycles. The van der Waals surface area contributed by atoms with Gasteiger partial charge in [0, 0.05) is 46.3 Å². The number of guanidine groups is 1. The third-order valence-corrected chi connectivity index (χ3v) is 4.03. The maximum absolute atomic E-state index is 11.1. The SMILES string of the molecule is CCNC(=NCCCCOCCOC)N1CCCC(CC(N)=O)C1.I. The minimum atomic E-state index is -0.211. The van der Waals surface area contributed by atoms with Crippen LogP contribution < -0.4 is 11.1 Å². The molecule has 0 spiro atoms. The number of unbranched alkanes of at least 4 members (excludes halogenated alkanes) is 1. The number of aliphatic imine (C=N–C) groups is 1. The van der Waals surface area contributed by atoms with Crippen molar-refractivity contribution in [3.8, 4) is 0 Å². The number of carbonyl (C=O) groups is 1. The van der Waals surface area contributed by atoms with Gasteiger partial charge >= 0.3 is 0 Å². The van der Waals surface area contributed by atoms with Gasteiger partial charge in [-0.1, -0.05) is 0 Å². The van der Waals surface area contributed by atoms with Gasteiger partial charge in [-0.25, -0.2) is 0 Å². The molecule has 1 amide bonds. The van der Waals surface area contributed by atoms with Gasteiger partial charge in [0.15, 0.2) is 5.96 Å². The lowest BCUT2D eigenvalue weighted by atomic mass is 9.95. The van der Waals surface area contributed by atoms with Gasteiger partial charge in [0.1, 0.15) is 0 Å². The number of carbonyl (C=O) groups excluding carboxylic acids is 1. The number of ether oxygens (including phenoxy) is 2. The number of piperidine rings is 1. The van der Waals surface area contributed by atoms with E-state index in [-0.39, 0.29) is 29.9 Å². The molecule has 1 heterocycles. The molecule has 0 bridgehead atoms. The number of hydrogen-bond donors (Lipinski definition) is 2. The number of hydrogen-bond acceptors (Lipinski definition) is 4. The Morgan fingerprint density at radius 1 is 1.32 bits per heavy atom. The molecule has 8 heteroatoms. The summed E-state index contributed by atoms with van der Waals surface area (Å²) in [5.74, 6) is 1.08. The van der Waals surface area contributed by atoms with Crippen LogP contribution in [0.3, 0.4) is 0 Å². The van der Waals surface area contributed by atoms with E-state index in [0.29, 0.717) is 25.6 Å². The van der Waals surface area contributed by atoms with Gasteiger partial charge in [0.2, 0.25) is 5.91 Å². The molecular formula is C17H35IN4O3. The molecule has 0 radical (unpaired) electrons. The van der Waals surface area contributed by atoms with Gasteiger partial charge in [-0.15, -0.1) is 24.0 Å². The van der Waals surface area contributed by atoms with Crippen molar-refractivity contribution in [2.24, 2.45) is 16.6 Å². The van der Waals surface area contributed by atoms with Gasteiger partial charge in [-0.2, -0.15) is 0 Å². The fraction of sp³-hybridized carbons (Fsp3) is 0.882. The highest BCUT2D eigenvalue weighted by Gasteiger charge is 2.23. The monoisotopic (exact) mass is 470 g/mol. The number of likely N-dealkylation sites (tertiary alicyclic amines) is 1. The highest BCUT2D eigenvalue weighted by molar-refractivity contribution is 14.0. The molecule has 0 aromatic heterocycles. The van der Waals surface area contributed by atoms with E-state index in [1.54, 1.807) is 7.11 Å². The number of nitrogens with one attached hydrogen (secondary N) is 1. The first-order chi connectivity index (χ1) is 11.7. The van der Waals surface area contributed by atoms with Crippen LogP contribution in [-0.4, -0.2) is 69.9 Å². The minimum absolute atomic E-state index is 0. The predicted molar refractivity (Wildman–Crippen MR) is 111 cm³/mol. The Morgan fingerprint density at radius 2 is 2.12 bits per heavy atom. The smallest absolute Gasteiger partial charge is 0.217 e. The lowest BCUT2D eigenvalue weighted by molar-refractivity contribution is -0.119. The minimum Gasteiger partial charge on any atom is -0.382 e. The number of nitrogens with two attached hydrogens (primary N) is 1. The van der Waals surface area contributed by atoms with Crippen molar-refractivity contribution in [3.05, 3.63) is 0 Å². The zero-order valence-corrected chi connectivity index (χ0v) is 18.0. The van der Waals surface area contributed by atoms with E-state index in [1.807, 2.05) is 0 Å².